The zero-order chi connectivity index (χ0) is 23.2. The van der Waals surface area contributed by atoms with Crippen molar-refractivity contribution >= 4 is 40.3 Å². The van der Waals surface area contributed by atoms with Crippen molar-refractivity contribution in [3.63, 3.8) is 0 Å². The molecule has 1 aliphatic carbocycles. The predicted octanol–water partition coefficient (Wildman–Crippen LogP) is 7.84. The van der Waals surface area contributed by atoms with Gasteiger partial charge in [0.1, 0.15) is 0 Å². The van der Waals surface area contributed by atoms with E-state index in [9.17, 15) is 4.79 Å². The van der Waals surface area contributed by atoms with Crippen LogP contribution >= 0.6 is 23.2 Å². The lowest BCUT2D eigenvalue weighted by Gasteiger charge is -2.28. The third kappa shape index (κ3) is 6.28. The van der Waals surface area contributed by atoms with Crippen molar-refractivity contribution in [2.24, 2.45) is 5.92 Å². The van der Waals surface area contributed by atoms with Gasteiger partial charge in [-0.3, -0.25) is 4.79 Å². The minimum absolute atomic E-state index is 0.0362. The highest BCUT2D eigenvalue weighted by molar-refractivity contribution is 6.31. The van der Waals surface area contributed by atoms with Crippen molar-refractivity contribution in [3.8, 4) is 0 Å². The number of carbonyl (C=O) groups is 1. The second-order valence-electron chi connectivity index (χ2n) is 8.84. The Morgan fingerprint density at radius 2 is 1.45 bits per heavy atom. The van der Waals surface area contributed by atoms with Crippen LogP contribution in [0.5, 0.6) is 0 Å². The zero-order valence-electron chi connectivity index (χ0n) is 18.9. The summed E-state index contributed by atoms with van der Waals surface area (Å²) in [6, 6.07) is 26.5. The quantitative estimate of drug-likeness (QED) is 0.368. The Morgan fingerprint density at radius 3 is 2.06 bits per heavy atom. The molecule has 0 spiro atoms. The highest BCUT2D eigenvalue weighted by atomic mass is 35.5. The highest BCUT2D eigenvalue weighted by Gasteiger charge is 2.28. The van der Waals surface area contributed by atoms with Crippen molar-refractivity contribution < 1.29 is 4.79 Å². The fraction of sp³-hybridized carbons (Fsp3) is 0.276. The molecule has 170 valence electrons. The second-order valence-corrected chi connectivity index (χ2v) is 9.72. The fourth-order valence-electron chi connectivity index (χ4n) is 4.54. The summed E-state index contributed by atoms with van der Waals surface area (Å²) in [6.45, 7) is 2.10. The molecular formula is C29H29Cl2NO. The van der Waals surface area contributed by atoms with Gasteiger partial charge in [-0.05, 0) is 91.1 Å². The number of hydrogen-bond donors (Lipinski definition) is 1. The van der Waals surface area contributed by atoms with Crippen LogP contribution in [0, 0.1) is 5.92 Å². The van der Waals surface area contributed by atoms with Gasteiger partial charge in [0, 0.05) is 22.0 Å². The third-order valence-corrected chi connectivity index (χ3v) is 6.92. The van der Waals surface area contributed by atoms with E-state index in [0.29, 0.717) is 5.02 Å². The molecule has 0 aromatic heterocycles. The largest absolute Gasteiger partial charge is 0.353 e. The van der Waals surface area contributed by atoms with E-state index in [2.05, 4.69) is 60.8 Å². The molecule has 0 saturated carbocycles. The lowest BCUT2D eigenvalue weighted by Crippen LogP contribution is -2.38. The van der Waals surface area contributed by atoms with Crippen LogP contribution in [0.3, 0.4) is 0 Å². The van der Waals surface area contributed by atoms with Crippen LogP contribution in [-0.2, 0) is 11.2 Å². The van der Waals surface area contributed by atoms with Crippen LogP contribution < -0.4 is 5.32 Å². The Bertz CT molecular complexity index is 1100. The first kappa shape index (κ1) is 23.6. The number of carbonyl (C=O) groups excluding carboxylic acids is 1. The summed E-state index contributed by atoms with van der Waals surface area (Å²) in [5.74, 6) is 0.114. The second kappa shape index (κ2) is 11.0. The smallest absolute Gasteiger partial charge is 0.223 e. The van der Waals surface area contributed by atoms with Gasteiger partial charge in [-0.2, -0.15) is 0 Å². The first-order valence-electron chi connectivity index (χ1n) is 11.6. The molecular weight excluding hydrogens is 449 g/mol. The predicted molar refractivity (Wildman–Crippen MR) is 139 cm³/mol. The van der Waals surface area contributed by atoms with Gasteiger partial charge in [0.2, 0.25) is 5.91 Å². The number of amides is 1. The molecule has 2 atom stereocenters. The molecule has 4 rings (SSSR count). The number of halogens is 2. The average Bonchev–Trinajstić information content (AvgIpc) is 2.84. The summed E-state index contributed by atoms with van der Waals surface area (Å²) >= 11 is 12.3. The first-order valence-corrected chi connectivity index (χ1v) is 12.3. The number of allylic oxidation sites excluding steroid dienone is 2. The van der Waals surface area contributed by atoms with Crippen LogP contribution in [-0.4, -0.2) is 11.9 Å². The number of nitrogens with one attached hydrogen (secondary N) is 1. The fourth-order valence-corrected chi connectivity index (χ4v) is 4.79. The summed E-state index contributed by atoms with van der Waals surface area (Å²) in [4.78, 5) is 13.2. The number of rotatable bonds is 7. The zero-order valence-corrected chi connectivity index (χ0v) is 20.4. The molecule has 0 saturated heterocycles. The number of hydrogen-bond acceptors (Lipinski definition) is 1. The number of benzene rings is 3. The molecule has 3 aromatic carbocycles. The van der Waals surface area contributed by atoms with E-state index in [-0.39, 0.29) is 17.9 Å². The van der Waals surface area contributed by atoms with Gasteiger partial charge in [0.15, 0.2) is 0 Å². The van der Waals surface area contributed by atoms with Gasteiger partial charge in [0.05, 0.1) is 0 Å². The topological polar surface area (TPSA) is 29.1 Å². The maximum atomic E-state index is 13.2. The van der Waals surface area contributed by atoms with E-state index in [1.807, 2.05) is 30.3 Å². The minimum Gasteiger partial charge on any atom is -0.353 e. The molecule has 0 fully saturated rings. The SMILES string of the molecule is CC(CCc1ccccc1)NC(=O)C1CCC(c2ccc(Cl)cc2)=C(c2ccc(Cl)cc2)C1. The van der Waals surface area contributed by atoms with E-state index in [4.69, 9.17) is 23.2 Å². The van der Waals surface area contributed by atoms with Gasteiger partial charge >= 0.3 is 0 Å². The Kier molecular flexibility index (Phi) is 7.90. The molecule has 1 N–H and O–H groups in total. The standard InChI is InChI=1S/C29H29Cl2NO/c1-20(7-8-21-5-3-2-4-6-21)32-29(33)24-13-18-27(22-9-14-25(30)15-10-22)28(19-24)23-11-16-26(31)17-12-23/h2-6,9-12,14-17,20,24H,7-8,13,18-19H2,1H3,(H,32,33). The van der Waals surface area contributed by atoms with Crippen LogP contribution in [0.4, 0.5) is 0 Å². The molecule has 0 radical (unpaired) electrons. The maximum Gasteiger partial charge on any atom is 0.223 e. The number of aryl methyl sites for hydroxylation is 1. The molecule has 33 heavy (non-hydrogen) atoms. The lowest BCUT2D eigenvalue weighted by molar-refractivity contribution is -0.125. The Morgan fingerprint density at radius 1 is 0.879 bits per heavy atom. The summed E-state index contributed by atoms with van der Waals surface area (Å²) in [5, 5.41) is 4.70. The average molecular weight is 478 g/mol. The summed E-state index contributed by atoms with van der Waals surface area (Å²) in [6.07, 6.45) is 4.31. The van der Waals surface area contributed by atoms with E-state index < -0.39 is 0 Å². The molecule has 0 bridgehead atoms. The van der Waals surface area contributed by atoms with Gasteiger partial charge in [0.25, 0.3) is 0 Å². The van der Waals surface area contributed by atoms with Gasteiger partial charge in [-0.15, -0.1) is 0 Å². The molecule has 3 aromatic rings. The van der Waals surface area contributed by atoms with Gasteiger partial charge in [-0.25, -0.2) is 0 Å². The van der Waals surface area contributed by atoms with Crippen LogP contribution in [0.1, 0.15) is 49.3 Å². The lowest BCUT2D eigenvalue weighted by atomic mass is 9.78. The van der Waals surface area contributed by atoms with Gasteiger partial charge < -0.3 is 5.32 Å². The van der Waals surface area contributed by atoms with Crippen molar-refractivity contribution in [1.29, 1.82) is 0 Å². The summed E-state index contributed by atoms with van der Waals surface area (Å²) < 4.78 is 0. The van der Waals surface area contributed by atoms with Crippen molar-refractivity contribution in [3.05, 3.63) is 106 Å². The molecule has 0 aliphatic heterocycles. The van der Waals surface area contributed by atoms with Crippen LogP contribution in [0.2, 0.25) is 10.0 Å². The first-order chi connectivity index (χ1) is 16.0. The van der Waals surface area contributed by atoms with Crippen LogP contribution in [0.15, 0.2) is 78.9 Å². The van der Waals surface area contributed by atoms with Crippen molar-refractivity contribution in [1.82, 2.24) is 5.32 Å². The maximum absolute atomic E-state index is 13.2. The molecule has 2 unspecified atom stereocenters. The Labute approximate surface area is 206 Å². The Balaban J connectivity index is 1.49. The summed E-state index contributed by atoms with van der Waals surface area (Å²) in [5.41, 5.74) is 6.10. The van der Waals surface area contributed by atoms with Crippen molar-refractivity contribution in [2.75, 3.05) is 0 Å². The molecule has 2 nitrogen and oxygen atoms in total. The minimum atomic E-state index is -0.0362. The molecule has 4 heteroatoms. The van der Waals surface area contributed by atoms with E-state index >= 15 is 0 Å². The monoisotopic (exact) mass is 477 g/mol. The normalized spacial score (nSPS) is 17.0. The highest BCUT2D eigenvalue weighted by Crippen LogP contribution is 2.41. The van der Waals surface area contributed by atoms with E-state index in [1.54, 1.807) is 0 Å². The summed E-state index contributed by atoms with van der Waals surface area (Å²) in [7, 11) is 0. The van der Waals surface area contributed by atoms with E-state index in [1.165, 1.54) is 22.3 Å². The molecule has 0 heterocycles. The molecule has 1 amide bonds. The molecule has 1 aliphatic rings. The van der Waals surface area contributed by atoms with Gasteiger partial charge in [-0.1, -0.05) is 77.8 Å². The van der Waals surface area contributed by atoms with Crippen LogP contribution in [0.25, 0.3) is 11.1 Å². The third-order valence-electron chi connectivity index (χ3n) is 6.41. The van der Waals surface area contributed by atoms with E-state index in [0.717, 1.165) is 42.7 Å². The van der Waals surface area contributed by atoms with Crippen molar-refractivity contribution in [2.45, 2.75) is 45.1 Å². The Hall–Kier alpha value is -2.55.